The summed E-state index contributed by atoms with van der Waals surface area (Å²) in [4.78, 5) is 2.37. The van der Waals surface area contributed by atoms with Gasteiger partial charge in [0, 0.05) is 25.9 Å². The summed E-state index contributed by atoms with van der Waals surface area (Å²) in [5.74, 6) is 0. The minimum Gasteiger partial charge on any atom is -0.388 e. The van der Waals surface area contributed by atoms with Gasteiger partial charge >= 0.3 is 0 Å². The number of hydrogen-bond donors (Lipinski definition) is 1. The molecule has 1 aliphatic heterocycles. The zero-order valence-electron chi connectivity index (χ0n) is 12.2. The van der Waals surface area contributed by atoms with Crippen LogP contribution in [0.5, 0.6) is 0 Å². The summed E-state index contributed by atoms with van der Waals surface area (Å²) in [6.07, 6.45) is 2.68. The number of ether oxygens (including phenoxy) is 1. The number of aliphatic hydroxyl groups excluding tert-OH is 1. The fourth-order valence-electron chi connectivity index (χ4n) is 2.74. The van der Waals surface area contributed by atoms with Crippen molar-refractivity contribution in [2.45, 2.75) is 44.8 Å². The minimum atomic E-state index is -0.348. The number of hydrogen-bond acceptors (Lipinski definition) is 3. The van der Waals surface area contributed by atoms with Crippen LogP contribution in [0.15, 0.2) is 24.3 Å². The highest BCUT2D eigenvalue weighted by Gasteiger charge is 2.30. The average Bonchev–Trinajstić information content (AvgIpc) is 2.46. The molecule has 0 saturated carbocycles. The molecular formula is C16H25NO2. The average molecular weight is 263 g/mol. The van der Waals surface area contributed by atoms with Gasteiger partial charge in [0.25, 0.3) is 0 Å². The van der Waals surface area contributed by atoms with E-state index in [4.69, 9.17) is 4.74 Å². The fourth-order valence-corrected chi connectivity index (χ4v) is 2.74. The number of rotatable bonds is 4. The molecule has 1 aliphatic rings. The summed E-state index contributed by atoms with van der Waals surface area (Å²) in [5.41, 5.74) is 2.17. The number of piperidine rings is 1. The van der Waals surface area contributed by atoms with Crippen LogP contribution in [0.1, 0.15) is 44.8 Å². The van der Waals surface area contributed by atoms with Crippen LogP contribution in [0.2, 0.25) is 0 Å². The number of methoxy groups -OCH3 is 1. The van der Waals surface area contributed by atoms with Gasteiger partial charge in [0.1, 0.15) is 0 Å². The lowest BCUT2D eigenvalue weighted by Crippen LogP contribution is -2.47. The molecule has 3 nitrogen and oxygen atoms in total. The Morgan fingerprint density at radius 1 is 1.37 bits per heavy atom. The monoisotopic (exact) mass is 263 g/mol. The Balaban J connectivity index is 2.09. The first kappa shape index (κ1) is 14.4. The summed E-state index contributed by atoms with van der Waals surface area (Å²) in [5, 5.41) is 9.82. The van der Waals surface area contributed by atoms with E-state index < -0.39 is 0 Å². The van der Waals surface area contributed by atoms with Crippen LogP contribution in [-0.4, -0.2) is 30.9 Å². The Hall–Kier alpha value is -1.06. The molecule has 0 amide bonds. The van der Waals surface area contributed by atoms with Crippen molar-refractivity contribution in [1.29, 1.82) is 0 Å². The van der Waals surface area contributed by atoms with E-state index in [1.54, 1.807) is 7.11 Å². The second-order valence-corrected chi connectivity index (χ2v) is 5.69. The summed E-state index contributed by atoms with van der Waals surface area (Å²) in [6, 6.07) is 8.27. The van der Waals surface area contributed by atoms with E-state index in [0.717, 1.165) is 37.9 Å². The summed E-state index contributed by atoms with van der Waals surface area (Å²) < 4.78 is 5.63. The molecule has 0 aliphatic carbocycles. The quantitative estimate of drug-likeness (QED) is 0.906. The Bertz CT molecular complexity index is 404. The Morgan fingerprint density at radius 2 is 2.05 bits per heavy atom. The van der Waals surface area contributed by atoms with Crippen molar-refractivity contribution in [3.05, 3.63) is 29.8 Å². The molecule has 1 saturated heterocycles. The van der Waals surface area contributed by atoms with Crippen LogP contribution in [0.25, 0.3) is 0 Å². The molecule has 0 bridgehead atoms. The zero-order valence-corrected chi connectivity index (χ0v) is 12.2. The molecule has 1 fully saturated rings. The molecule has 106 valence electrons. The molecule has 1 unspecified atom stereocenters. The number of anilines is 1. The van der Waals surface area contributed by atoms with Crippen LogP contribution < -0.4 is 4.90 Å². The van der Waals surface area contributed by atoms with Crippen molar-refractivity contribution in [2.24, 2.45) is 0 Å². The van der Waals surface area contributed by atoms with Gasteiger partial charge in [0.15, 0.2) is 0 Å². The lowest BCUT2D eigenvalue weighted by molar-refractivity contribution is -0.00465. The highest BCUT2D eigenvalue weighted by Crippen LogP contribution is 2.29. The third-order valence-electron chi connectivity index (χ3n) is 4.18. The molecule has 2 rings (SSSR count). The van der Waals surface area contributed by atoms with Crippen LogP contribution in [0, 0.1) is 0 Å². The van der Waals surface area contributed by atoms with E-state index in [0.29, 0.717) is 0 Å². The highest BCUT2D eigenvalue weighted by atomic mass is 16.5. The minimum absolute atomic E-state index is 0.0418. The fraction of sp³-hybridized carbons (Fsp3) is 0.625. The standard InChI is InChI=1S/C16H25NO2/c1-4-15(18)13-6-8-14(9-7-13)17-11-5-10-16(2,12-17)19-3/h6-9,15,18H,4-5,10-12H2,1-3H3/t15-,16?/m0/s1. The van der Waals surface area contributed by atoms with E-state index in [1.807, 2.05) is 19.1 Å². The van der Waals surface area contributed by atoms with E-state index in [2.05, 4.69) is 24.0 Å². The molecule has 0 aromatic heterocycles. The van der Waals surface area contributed by atoms with Crippen molar-refractivity contribution >= 4 is 5.69 Å². The molecule has 1 aromatic rings. The topological polar surface area (TPSA) is 32.7 Å². The molecule has 19 heavy (non-hydrogen) atoms. The first-order chi connectivity index (χ1) is 9.08. The molecule has 2 atom stereocenters. The van der Waals surface area contributed by atoms with Crippen molar-refractivity contribution in [3.63, 3.8) is 0 Å². The first-order valence-electron chi connectivity index (χ1n) is 7.16. The Labute approximate surface area is 116 Å². The third kappa shape index (κ3) is 3.28. The number of aliphatic hydroxyl groups is 1. The van der Waals surface area contributed by atoms with Crippen molar-refractivity contribution in [3.8, 4) is 0 Å². The third-order valence-corrected chi connectivity index (χ3v) is 4.18. The Kier molecular flexibility index (Phi) is 4.48. The molecule has 0 radical (unpaired) electrons. The number of nitrogens with zero attached hydrogens (tertiary/aromatic N) is 1. The van der Waals surface area contributed by atoms with E-state index >= 15 is 0 Å². The summed E-state index contributed by atoms with van der Waals surface area (Å²) in [7, 11) is 1.80. The van der Waals surface area contributed by atoms with Crippen LogP contribution in [-0.2, 0) is 4.74 Å². The summed E-state index contributed by atoms with van der Waals surface area (Å²) in [6.45, 7) is 6.18. The predicted molar refractivity (Wildman–Crippen MR) is 78.6 cm³/mol. The van der Waals surface area contributed by atoms with Gasteiger partial charge in [-0.05, 0) is 43.9 Å². The number of benzene rings is 1. The smallest absolute Gasteiger partial charge is 0.0825 e. The van der Waals surface area contributed by atoms with E-state index in [1.165, 1.54) is 5.69 Å². The van der Waals surface area contributed by atoms with Gasteiger partial charge in [-0.2, -0.15) is 0 Å². The van der Waals surface area contributed by atoms with Gasteiger partial charge in [-0.25, -0.2) is 0 Å². The van der Waals surface area contributed by atoms with Gasteiger partial charge < -0.3 is 14.7 Å². The van der Waals surface area contributed by atoms with E-state index in [9.17, 15) is 5.11 Å². The van der Waals surface area contributed by atoms with Gasteiger partial charge in [-0.3, -0.25) is 0 Å². The molecule has 1 aromatic carbocycles. The SMILES string of the molecule is CC[C@H](O)c1ccc(N2CCCC(C)(OC)C2)cc1. The lowest BCUT2D eigenvalue weighted by atomic mass is 9.94. The molecular weight excluding hydrogens is 238 g/mol. The molecule has 3 heteroatoms. The molecule has 0 spiro atoms. The van der Waals surface area contributed by atoms with E-state index in [-0.39, 0.29) is 11.7 Å². The first-order valence-corrected chi connectivity index (χ1v) is 7.16. The van der Waals surface area contributed by atoms with Crippen LogP contribution in [0.3, 0.4) is 0 Å². The second kappa shape index (κ2) is 5.93. The Morgan fingerprint density at radius 3 is 2.63 bits per heavy atom. The lowest BCUT2D eigenvalue weighted by Gasteiger charge is -2.40. The van der Waals surface area contributed by atoms with Gasteiger partial charge in [-0.15, -0.1) is 0 Å². The maximum absolute atomic E-state index is 9.82. The van der Waals surface area contributed by atoms with Crippen molar-refractivity contribution in [2.75, 3.05) is 25.1 Å². The normalized spacial score (nSPS) is 25.4. The van der Waals surface area contributed by atoms with Gasteiger partial charge in [-0.1, -0.05) is 19.1 Å². The second-order valence-electron chi connectivity index (χ2n) is 5.69. The largest absolute Gasteiger partial charge is 0.388 e. The van der Waals surface area contributed by atoms with Crippen molar-refractivity contribution in [1.82, 2.24) is 0 Å². The van der Waals surface area contributed by atoms with Crippen LogP contribution >= 0.6 is 0 Å². The molecule has 1 heterocycles. The van der Waals surface area contributed by atoms with Gasteiger partial charge in [0.05, 0.1) is 11.7 Å². The summed E-state index contributed by atoms with van der Waals surface area (Å²) >= 11 is 0. The van der Waals surface area contributed by atoms with Crippen LogP contribution in [0.4, 0.5) is 5.69 Å². The zero-order chi connectivity index (χ0) is 13.9. The predicted octanol–water partition coefficient (Wildman–Crippen LogP) is 3.14. The highest BCUT2D eigenvalue weighted by molar-refractivity contribution is 5.48. The van der Waals surface area contributed by atoms with Gasteiger partial charge in [0.2, 0.25) is 0 Å². The van der Waals surface area contributed by atoms with Crippen molar-refractivity contribution < 1.29 is 9.84 Å². The maximum atomic E-state index is 9.82. The maximum Gasteiger partial charge on any atom is 0.0825 e. The molecule has 1 N–H and O–H groups in total.